The third-order valence-electron chi connectivity index (χ3n) is 4.53. The molecule has 1 heterocycles. The molecule has 28 heavy (non-hydrogen) atoms. The van der Waals surface area contributed by atoms with Gasteiger partial charge >= 0.3 is 0 Å². The number of para-hydroxylation sites is 2. The van der Waals surface area contributed by atoms with Crippen LogP contribution in [0.1, 0.15) is 26.7 Å². The first-order valence-electron chi connectivity index (χ1n) is 9.38. The highest BCUT2D eigenvalue weighted by atomic mass is 35.5. The van der Waals surface area contributed by atoms with Crippen molar-refractivity contribution >= 4 is 40.5 Å². The van der Waals surface area contributed by atoms with Crippen LogP contribution in [0.4, 0.5) is 17.1 Å². The summed E-state index contributed by atoms with van der Waals surface area (Å²) in [4.78, 5) is 26.2. The molecule has 0 radical (unpaired) electrons. The zero-order valence-corrected chi connectivity index (χ0v) is 16.8. The van der Waals surface area contributed by atoms with Gasteiger partial charge in [0.05, 0.1) is 23.0 Å². The summed E-state index contributed by atoms with van der Waals surface area (Å²) in [5, 5.41) is 6.50. The lowest BCUT2D eigenvalue weighted by atomic mass is 10.2. The molecule has 2 aromatic carbocycles. The Hall–Kier alpha value is -2.73. The number of rotatable bonds is 7. The molecule has 1 fully saturated rings. The second-order valence-corrected chi connectivity index (χ2v) is 7.01. The maximum absolute atomic E-state index is 12.6. The van der Waals surface area contributed by atoms with E-state index in [-0.39, 0.29) is 11.8 Å². The Morgan fingerprint density at radius 1 is 1.29 bits per heavy atom. The fourth-order valence-electron chi connectivity index (χ4n) is 3.13. The van der Waals surface area contributed by atoms with Gasteiger partial charge in [0.1, 0.15) is 11.8 Å². The molecule has 1 saturated heterocycles. The van der Waals surface area contributed by atoms with E-state index in [1.807, 2.05) is 37.3 Å². The zero-order valence-electron chi connectivity index (χ0n) is 16.0. The molecule has 0 aromatic heterocycles. The van der Waals surface area contributed by atoms with Gasteiger partial charge in [-0.25, -0.2) is 0 Å². The van der Waals surface area contributed by atoms with Gasteiger partial charge in [-0.1, -0.05) is 23.7 Å². The molecule has 2 N–H and O–H groups in total. The van der Waals surface area contributed by atoms with E-state index < -0.39 is 6.04 Å². The number of hydrogen-bond acceptors (Lipinski definition) is 4. The lowest BCUT2D eigenvalue weighted by Gasteiger charge is -2.20. The number of ether oxygens (including phenoxy) is 1. The van der Waals surface area contributed by atoms with Crippen LogP contribution < -0.4 is 20.3 Å². The molecular weight excluding hydrogens is 378 g/mol. The van der Waals surface area contributed by atoms with Gasteiger partial charge in [-0.2, -0.15) is 0 Å². The quantitative estimate of drug-likeness (QED) is 0.725. The summed E-state index contributed by atoms with van der Waals surface area (Å²) in [6.45, 7) is 4.87. The van der Waals surface area contributed by atoms with Crippen molar-refractivity contribution in [2.75, 3.05) is 28.7 Å². The van der Waals surface area contributed by atoms with Crippen LogP contribution in [0.5, 0.6) is 5.75 Å². The minimum Gasteiger partial charge on any atom is -0.492 e. The van der Waals surface area contributed by atoms with E-state index in [1.54, 1.807) is 24.0 Å². The Bertz CT molecular complexity index is 872. The second kappa shape index (κ2) is 8.97. The van der Waals surface area contributed by atoms with E-state index in [1.165, 1.54) is 0 Å². The van der Waals surface area contributed by atoms with Gasteiger partial charge in [-0.15, -0.1) is 0 Å². The third-order valence-corrected chi connectivity index (χ3v) is 4.84. The van der Waals surface area contributed by atoms with Crippen LogP contribution in [0.2, 0.25) is 5.02 Å². The number of nitrogens with one attached hydrogen (secondary N) is 2. The zero-order chi connectivity index (χ0) is 20.1. The number of hydrogen-bond donors (Lipinski definition) is 2. The molecule has 0 saturated carbocycles. The first-order chi connectivity index (χ1) is 13.5. The molecule has 2 amide bonds. The van der Waals surface area contributed by atoms with E-state index in [2.05, 4.69) is 10.6 Å². The number of anilines is 3. The molecule has 148 valence electrons. The number of amides is 2. The molecule has 1 atom stereocenters. The first-order valence-corrected chi connectivity index (χ1v) is 9.76. The Labute approximate surface area is 169 Å². The van der Waals surface area contributed by atoms with Crippen molar-refractivity contribution in [2.24, 2.45) is 0 Å². The van der Waals surface area contributed by atoms with Crippen LogP contribution in [0, 0.1) is 0 Å². The number of carbonyl (C=O) groups excluding carboxylic acids is 2. The topological polar surface area (TPSA) is 70.7 Å². The first kappa shape index (κ1) is 20.0. The summed E-state index contributed by atoms with van der Waals surface area (Å²) < 4.78 is 5.54. The van der Waals surface area contributed by atoms with Gasteiger partial charge in [0, 0.05) is 18.7 Å². The van der Waals surface area contributed by atoms with Crippen LogP contribution in [0.15, 0.2) is 42.5 Å². The molecule has 7 heteroatoms. The highest BCUT2D eigenvalue weighted by Gasteiger charge is 2.24. The molecule has 0 bridgehead atoms. The van der Waals surface area contributed by atoms with Gasteiger partial charge in [0.15, 0.2) is 0 Å². The van der Waals surface area contributed by atoms with Crippen molar-refractivity contribution in [1.82, 2.24) is 0 Å². The number of nitrogens with zero attached hydrogens (tertiary/aromatic N) is 1. The van der Waals surface area contributed by atoms with Crippen molar-refractivity contribution in [3.8, 4) is 5.75 Å². The monoisotopic (exact) mass is 401 g/mol. The summed E-state index contributed by atoms with van der Waals surface area (Å²) in [6.07, 6.45) is 1.40. The van der Waals surface area contributed by atoms with Gasteiger partial charge in [-0.05, 0) is 50.6 Å². The maximum atomic E-state index is 12.6. The van der Waals surface area contributed by atoms with E-state index in [0.717, 1.165) is 6.42 Å². The molecule has 2 aromatic rings. The summed E-state index contributed by atoms with van der Waals surface area (Å²) in [6, 6.07) is 12.2. The Morgan fingerprint density at radius 3 is 2.75 bits per heavy atom. The average Bonchev–Trinajstić information content (AvgIpc) is 3.09. The van der Waals surface area contributed by atoms with Crippen LogP contribution in [-0.2, 0) is 9.59 Å². The minimum atomic E-state index is -0.495. The highest BCUT2D eigenvalue weighted by molar-refractivity contribution is 6.34. The van der Waals surface area contributed by atoms with Crippen LogP contribution in [0.25, 0.3) is 0 Å². The Balaban J connectivity index is 1.66. The second-order valence-electron chi connectivity index (χ2n) is 6.60. The molecular formula is C21H24ClN3O3. The predicted octanol–water partition coefficient (Wildman–Crippen LogP) is 4.30. The summed E-state index contributed by atoms with van der Waals surface area (Å²) in [5.41, 5.74) is 2.04. The van der Waals surface area contributed by atoms with E-state index in [0.29, 0.717) is 47.4 Å². The molecule has 3 rings (SSSR count). The van der Waals surface area contributed by atoms with Crippen molar-refractivity contribution in [2.45, 2.75) is 32.7 Å². The van der Waals surface area contributed by atoms with Crippen LogP contribution >= 0.6 is 11.6 Å². The highest BCUT2D eigenvalue weighted by Crippen LogP contribution is 2.32. The molecule has 0 aliphatic carbocycles. The maximum Gasteiger partial charge on any atom is 0.246 e. The smallest absolute Gasteiger partial charge is 0.246 e. The van der Waals surface area contributed by atoms with Crippen molar-refractivity contribution < 1.29 is 14.3 Å². The van der Waals surface area contributed by atoms with Crippen molar-refractivity contribution in [1.29, 1.82) is 0 Å². The number of halogens is 1. The van der Waals surface area contributed by atoms with Crippen molar-refractivity contribution in [3.05, 3.63) is 47.5 Å². The lowest BCUT2D eigenvalue weighted by Crippen LogP contribution is -2.32. The van der Waals surface area contributed by atoms with E-state index in [9.17, 15) is 9.59 Å². The van der Waals surface area contributed by atoms with Crippen molar-refractivity contribution in [3.63, 3.8) is 0 Å². The van der Waals surface area contributed by atoms with Crippen LogP contribution in [-0.4, -0.2) is 31.0 Å². The molecule has 0 spiro atoms. The van der Waals surface area contributed by atoms with E-state index in [4.69, 9.17) is 16.3 Å². The number of carbonyl (C=O) groups is 2. The van der Waals surface area contributed by atoms with E-state index >= 15 is 0 Å². The number of benzene rings is 2. The summed E-state index contributed by atoms with van der Waals surface area (Å²) >= 11 is 6.37. The van der Waals surface area contributed by atoms with Gasteiger partial charge in [0.2, 0.25) is 11.8 Å². The van der Waals surface area contributed by atoms with Crippen LogP contribution in [0.3, 0.4) is 0 Å². The lowest BCUT2D eigenvalue weighted by molar-refractivity contribution is -0.117. The minimum absolute atomic E-state index is 0.0864. The summed E-state index contributed by atoms with van der Waals surface area (Å²) in [5.74, 6) is 0.526. The normalized spacial score (nSPS) is 14.7. The fourth-order valence-corrected chi connectivity index (χ4v) is 3.41. The third kappa shape index (κ3) is 4.57. The fraction of sp³-hybridized carbons (Fsp3) is 0.333. The molecule has 1 aliphatic heterocycles. The molecule has 6 nitrogen and oxygen atoms in total. The van der Waals surface area contributed by atoms with Gasteiger partial charge < -0.3 is 20.3 Å². The SMILES string of the molecule is CCOc1ccccc1NC(=O)[C@H](C)Nc1ccc(N2CCCC2=O)c(Cl)c1. The summed E-state index contributed by atoms with van der Waals surface area (Å²) in [7, 11) is 0. The predicted molar refractivity (Wildman–Crippen MR) is 112 cm³/mol. The molecule has 0 unspecified atom stereocenters. The van der Waals surface area contributed by atoms with Gasteiger partial charge in [0.25, 0.3) is 0 Å². The van der Waals surface area contributed by atoms with Gasteiger partial charge in [-0.3, -0.25) is 9.59 Å². The molecule has 1 aliphatic rings. The Morgan fingerprint density at radius 2 is 2.07 bits per heavy atom. The average molecular weight is 402 g/mol. The largest absolute Gasteiger partial charge is 0.492 e. The standard InChI is InChI=1S/C21H24ClN3O3/c1-3-28-19-8-5-4-7-17(19)24-21(27)14(2)23-15-10-11-18(16(22)13-15)25-12-6-9-20(25)26/h4-5,7-8,10-11,13-14,23H,3,6,9,12H2,1-2H3,(H,24,27)/t14-/m0/s1. The Kier molecular flexibility index (Phi) is 6.41.